The Morgan fingerprint density at radius 2 is 2.09 bits per heavy atom. The maximum Gasteiger partial charge on any atom is 0.416 e. The molecule has 1 aliphatic heterocycles. The van der Waals surface area contributed by atoms with Crippen molar-refractivity contribution in [2.24, 2.45) is 0 Å². The van der Waals surface area contributed by atoms with Crippen LogP contribution in [0.3, 0.4) is 0 Å². The molecule has 0 saturated heterocycles. The highest BCUT2D eigenvalue weighted by atomic mass is 32.2. The molecule has 0 spiro atoms. The smallest absolute Gasteiger partial charge is 0.354 e. The number of fused-ring (bicyclic) bond motifs is 1. The van der Waals surface area contributed by atoms with Gasteiger partial charge in [0.05, 0.1) is 16.5 Å². The Morgan fingerprint density at radius 3 is 2.68 bits per heavy atom. The quantitative estimate of drug-likeness (QED) is 0.894. The molecule has 2 amide bonds. The van der Waals surface area contributed by atoms with E-state index in [-0.39, 0.29) is 24.1 Å². The van der Waals surface area contributed by atoms with Crippen molar-refractivity contribution in [2.75, 3.05) is 5.32 Å². The Bertz CT molecular complexity index is 602. The molecule has 22 heavy (non-hydrogen) atoms. The number of carbonyl (C=O) groups excluding carboxylic acids is 2. The van der Waals surface area contributed by atoms with Crippen molar-refractivity contribution < 1.29 is 22.8 Å². The molecular weight excluding hydrogens is 317 g/mol. The van der Waals surface area contributed by atoms with Crippen molar-refractivity contribution in [1.82, 2.24) is 5.32 Å². The van der Waals surface area contributed by atoms with Gasteiger partial charge < -0.3 is 10.6 Å². The molecule has 0 fully saturated rings. The van der Waals surface area contributed by atoms with Gasteiger partial charge in [-0.1, -0.05) is 0 Å². The topological polar surface area (TPSA) is 58.2 Å². The average Bonchev–Trinajstić information content (AvgIpc) is 2.37. The van der Waals surface area contributed by atoms with Crippen molar-refractivity contribution >= 4 is 29.3 Å². The predicted molar refractivity (Wildman–Crippen MR) is 77.6 cm³/mol. The number of hydrogen-bond acceptors (Lipinski definition) is 3. The summed E-state index contributed by atoms with van der Waals surface area (Å²) in [6, 6.07) is 3.15. The minimum absolute atomic E-state index is 0.0187. The fourth-order valence-corrected chi connectivity index (χ4v) is 3.10. The fourth-order valence-electron chi connectivity index (χ4n) is 2.01. The number of halogens is 3. The summed E-state index contributed by atoms with van der Waals surface area (Å²) >= 11 is 1.10. The highest BCUT2D eigenvalue weighted by Gasteiger charge is 2.34. The molecule has 8 heteroatoms. The van der Waals surface area contributed by atoms with Crippen molar-refractivity contribution in [2.45, 2.75) is 42.6 Å². The van der Waals surface area contributed by atoms with Crippen molar-refractivity contribution in [3.8, 4) is 0 Å². The average molecular weight is 332 g/mol. The normalized spacial score (nSPS) is 17.9. The van der Waals surface area contributed by atoms with E-state index in [4.69, 9.17) is 0 Å². The zero-order chi connectivity index (χ0) is 16.5. The molecule has 0 bridgehead atoms. The summed E-state index contributed by atoms with van der Waals surface area (Å²) in [5.41, 5.74) is -0.687. The number of benzene rings is 1. The molecule has 0 aromatic heterocycles. The molecule has 0 aliphatic carbocycles. The van der Waals surface area contributed by atoms with Gasteiger partial charge in [0.25, 0.3) is 0 Å². The van der Waals surface area contributed by atoms with Crippen LogP contribution in [0.25, 0.3) is 0 Å². The van der Waals surface area contributed by atoms with Gasteiger partial charge in [0.1, 0.15) is 0 Å². The van der Waals surface area contributed by atoms with Gasteiger partial charge in [-0.05, 0) is 32.0 Å². The Balaban J connectivity index is 2.14. The Morgan fingerprint density at radius 1 is 1.41 bits per heavy atom. The molecule has 1 aromatic carbocycles. The van der Waals surface area contributed by atoms with Crippen LogP contribution in [0, 0.1) is 0 Å². The summed E-state index contributed by atoms with van der Waals surface area (Å²) in [6.07, 6.45) is -4.48. The standard InChI is InChI=1S/C14H15F3N2O2S/c1-7(2)18-12(20)6-11-13(21)19-9-5-8(14(15,16)17)3-4-10(9)22-11/h3-5,7,11H,6H2,1-2H3,(H,18,20)(H,19,21)/t11-/m1/s1. The first-order valence-electron chi connectivity index (χ1n) is 6.65. The van der Waals surface area contributed by atoms with E-state index in [1.807, 2.05) is 0 Å². The zero-order valence-electron chi connectivity index (χ0n) is 12.0. The van der Waals surface area contributed by atoms with Crippen LogP contribution in [-0.2, 0) is 15.8 Å². The predicted octanol–water partition coefficient (Wildman–Crippen LogP) is 3.03. The van der Waals surface area contributed by atoms with Crippen LogP contribution in [0.5, 0.6) is 0 Å². The number of nitrogens with one attached hydrogen (secondary N) is 2. The molecule has 0 radical (unpaired) electrons. The Hall–Kier alpha value is -1.70. The van der Waals surface area contributed by atoms with Crippen molar-refractivity contribution in [3.05, 3.63) is 23.8 Å². The number of carbonyl (C=O) groups is 2. The van der Waals surface area contributed by atoms with Crippen LogP contribution < -0.4 is 10.6 Å². The van der Waals surface area contributed by atoms with Crippen molar-refractivity contribution in [3.63, 3.8) is 0 Å². The third-order valence-electron chi connectivity index (χ3n) is 2.95. The molecule has 1 atom stereocenters. The number of alkyl halides is 3. The lowest BCUT2D eigenvalue weighted by atomic mass is 10.1. The summed E-state index contributed by atoms with van der Waals surface area (Å²) in [7, 11) is 0. The molecule has 1 aliphatic rings. The monoisotopic (exact) mass is 332 g/mol. The molecule has 2 N–H and O–H groups in total. The largest absolute Gasteiger partial charge is 0.416 e. The fraction of sp³-hybridized carbons (Fsp3) is 0.429. The first-order valence-corrected chi connectivity index (χ1v) is 7.53. The number of amides is 2. The lowest BCUT2D eigenvalue weighted by Crippen LogP contribution is -2.37. The number of anilines is 1. The van der Waals surface area contributed by atoms with E-state index < -0.39 is 22.9 Å². The van der Waals surface area contributed by atoms with E-state index in [0.717, 1.165) is 23.9 Å². The van der Waals surface area contributed by atoms with E-state index in [0.29, 0.717) is 4.90 Å². The second kappa shape index (κ2) is 6.20. The second-order valence-electron chi connectivity index (χ2n) is 5.23. The van der Waals surface area contributed by atoms with Gasteiger partial charge >= 0.3 is 6.18 Å². The highest BCUT2D eigenvalue weighted by Crippen LogP contribution is 2.40. The van der Waals surface area contributed by atoms with Crippen LogP contribution >= 0.6 is 11.8 Å². The highest BCUT2D eigenvalue weighted by molar-refractivity contribution is 8.01. The zero-order valence-corrected chi connectivity index (χ0v) is 12.8. The SMILES string of the molecule is CC(C)NC(=O)C[C@H]1Sc2ccc(C(F)(F)F)cc2NC1=O. The molecule has 4 nitrogen and oxygen atoms in total. The number of thioether (sulfide) groups is 1. The summed E-state index contributed by atoms with van der Waals surface area (Å²) < 4.78 is 38.0. The third kappa shape index (κ3) is 3.94. The molecule has 2 rings (SSSR count). The first kappa shape index (κ1) is 16.7. The maximum absolute atomic E-state index is 12.7. The minimum Gasteiger partial charge on any atom is -0.354 e. The van der Waals surface area contributed by atoms with Crippen LogP contribution in [0.2, 0.25) is 0 Å². The van der Waals surface area contributed by atoms with Gasteiger partial charge in [0, 0.05) is 17.4 Å². The van der Waals surface area contributed by atoms with E-state index >= 15 is 0 Å². The second-order valence-corrected chi connectivity index (χ2v) is 6.48. The maximum atomic E-state index is 12.7. The van der Waals surface area contributed by atoms with Gasteiger partial charge in [0.2, 0.25) is 11.8 Å². The molecule has 0 saturated carbocycles. The van der Waals surface area contributed by atoms with Crippen molar-refractivity contribution in [1.29, 1.82) is 0 Å². The van der Waals surface area contributed by atoms with E-state index in [9.17, 15) is 22.8 Å². The molecular formula is C14H15F3N2O2S. The number of hydrogen-bond donors (Lipinski definition) is 2. The van der Waals surface area contributed by atoms with Crippen LogP contribution in [0.1, 0.15) is 25.8 Å². The molecule has 0 unspecified atom stereocenters. The number of rotatable bonds is 3. The minimum atomic E-state index is -4.46. The molecule has 120 valence electrons. The van der Waals surface area contributed by atoms with Gasteiger partial charge in [-0.25, -0.2) is 0 Å². The van der Waals surface area contributed by atoms with Gasteiger partial charge in [-0.2, -0.15) is 13.2 Å². The first-order chi connectivity index (χ1) is 10.2. The van der Waals surface area contributed by atoms with Gasteiger partial charge in [-0.3, -0.25) is 9.59 Å². The third-order valence-corrected chi connectivity index (χ3v) is 4.22. The summed E-state index contributed by atoms with van der Waals surface area (Å²) in [4.78, 5) is 24.2. The van der Waals surface area contributed by atoms with Gasteiger partial charge in [-0.15, -0.1) is 11.8 Å². The lowest BCUT2D eigenvalue weighted by Gasteiger charge is -2.24. The summed E-state index contributed by atoms with van der Waals surface area (Å²) in [5.74, 6) is -0.728. The van der Waals surface area contributed by atoms with E-state index in [1.165, 1.54) is 6.07 Å². The van der Waals surface area contributed by atoms with Gasteiger partial charge in [0.15, 0.2) is 0 Å². The van der Waals surface area contributed by atoms with E-state index in [2.05, 4.69) is 10.6 Å². The Kier molecular flexibility index (Phi) is 4.69. The molecule has 1 heterocycles. The molecule has 1 aromatic rings. The van der Waals surface area contributed by atoms with Crippen LogP contribution in [0.4, 0.5) is 18.9 Å². The summed E-state index contributed by atoms with van der Waals surface area (Å²) in [5, 5.41) is 4.47. The Labute approximate surface area is 129 Å². The van der Waals surface area contributed by atoms with Crippen LogP contribution in [-0.4, -0.2) is 23.1 Å². The van der Waals surface area contributed by atoms with Crippen LogP contribution in [0.15, 0.2) is 23.1 Å². The summed E-state index contributed by atoms with van der Waals surface area (Å²) in [6.45, 7) is 3.61. The van der Waals surface area contributed by atoms with E-state index in [1.54, 1.807) is 13.8 Å². The lowest BCUT2D eigenvalue weighted by molar-refractivity contribution is -0.137.